The Morgan fingerprint density at radius 3 is 2.13 bits per heavy atom. The summed E-state index contributed by atoms with van der Waals surface area (Å²) in [5.41, 5.74) is 1.60. The molecule has 0 heterocycles. The number of nitrogens with zero attached hydrogens (tertiary/aromatic N) is 2. The smallest absolute Gasteiger partial charge is 0.264 e. The molecule has 0 aromatic heterocycles. The van der Waals surface area contributed by atoms with Gasteiger partial charge in [0.1, 0.15) is 18.3 Å². The van der Waals surface area contributed by atoms with E-state index in [4.69, 9.17) is 27.9 Å². The van der Waals surface area contributed by atoms with Crippen LogP contribution in [0.15, 0.2) is 108 Å². The van der Waals surface area contributed by atoms with E-state index in [9.17, 15) is 18.0 Å². The van der Waals surface area contributed by atoms with Crippen LogP contribution in [-0.4, -0.2) is 51.4 Å². The summed E-state index contributed by atoms with van der Waals surface area (Å²) in [6.45, 7) is 1.72. The summed E-state index contributed by atoms with van der Waals surface area (Å²) in [6.07, 6.45) is 0.901. The summed E-state index contributed by atoms with van der Waals surface area (Å²) in [5.74, 6) is -0.757. The van der Waals surface area contributed by atoms with Crippen LogP contribution >= 0.6 is 23.2 Å². The highest BCUT2D eigenvalue weighted by molar-refractivity contribution is 7.92. The van der Waals surface area contributed by atoms with Gasteiger partial charge in [0.25, 0.3) is 10.0 Å². The standard InChI is InChI=1S/C34H35Cl2N3O5S/c1-3-19-37-34(41)31(21-25-11-6-4-7-12-25)38(23-26-13-10-14-27(35)20-26)33(40)24-39(30-22-28(36)17-18-32(30)44-2)45(42,43)29-15-8-5-9-16-29/h4-18,20,22,31H,3,19,21,23-24H2,1-2H3,(H,37,41)/t31-/m0/s1. The van der Waals surface area contributed by atoms with Crippen LogP contribution in [0.1, 0.15) is 24.5 Å². The van der Waals surface area contributed by atoms with Crippen molar-refractivity contribution in [3.63, 3.8) is 0 Å². The van der Waals surface area contributed by atoms with Gasteiger partial charge < -0.3 is 15.0 Å². The summed E-state index contributed by atoms with van der Waals surface area (Å²) in [7, 11) is -2.90. The summed E-state index contributed by atoms with van der Waals surface area (Å²) < 4.78 is 34.8. The second kappa shape index (κ2) is 15.8. The third kappa shape index (κ3) is 8.78. The Morgan fingerprint density at radius 2 is 1.49 bits per heavy atom. The van der Waals surface area contributed by atoms with Crippen LogP contribution < -0.4 is 14.4 Å². The molecule has 2 amide bonds. The van der Waals surface area contributed by atoms with Gasteiger partial charge in [-0.3, -0.25) is 13.9 Å². The fourth-order valence-corrected chi connectivity index (χ4v) is 6.66. The number of rotatable bonds is 14. The number of benzene rings is 4. The number of carbonyl (C=O) groups excluding carboxylic acids is 2. The van der Waals surface area contributed by atoms with E-state index >= 15 is 0 Å². The second-order valence-corrected chi connectivity index (χ2v) is 13.0. The van der Waals surface area contributed by atoms with Gasteiger partial charge in [-0.25, -0.2) is 8.42 Å². The normalized spacial score (nSPS) is 11.8. The van der Waals surface area contributed by atoms with Crippen molar-refractivity contribution in [1.82, 2.24) is 10.2 Å². The minimum absolute atomic E-state index is 0.00233. The molecular formula is C34H35Cl2N3O5S. The zero-order valence-corrected chi connectivity index (χ0v) is 27.4. The maximum Gasteiger partial charge on any atom is 0.264 e. The van der Waals surface area contributed by atoms with Gasteiger partial charge in [0.05, 0.1) is 17.7 Å². The van der Waals surface area contributed by atoms with Gasteiger partial charge in [-0.15, -0.1) is 0 Å². The maximum absolute atomic E-state index is 14.5. The first-order chi connectivity index (χ1) is 21.6. The number of sulfonamides is 1. The van der Waals surface area contributed by atoms with Gasteiger partial charge in [0.15, 0.2) is 0 Å². The lowest BCUT2D eigenvalue weighted by Crippen LogP contribution is -2.53. The van der Waals surface area contributed by atoms with E-state index in [0.717, 1.165) is 9.87 Å². The van der Waals surface area contributed by atoms with Crippen molar-refractivity contribution < 1.29 is 22.7 Å². The molecule has 0 unspecified atom stereocenters. The minimum atomic E-state index is -4.31. The molecule has 1 N–H and O–H groups in total. The van der Waals surface area contributed by atoms with E-state index in [0.29, 0.717) is 23.6 Å². The molecule has 0 aliphatic carbocycles. The van der Waals surface area contributed by atoms with Crippen molar-refractivity contribution in [2.75, 3.05) is 24.5 Å². The highest BCUT2D eigenvalue weighted by atomic mass is 35.5. The first-order valence-electron chi connectivity index (χ1n) is 14.4. The fraction of sp³-hybridized carbons (Fsp3) is 0.235. The molecule has 0 spiro atoms. The van der Waals surface area contributed by atoms with E-state index in [-0.39, 0.29) is 40.2 Å². The Morgan fingerprint density at radius 1 is 0.844 bits per heavy atom. The largest absolute Gasteiger partial charge is 0.495 e. The quantitative estimate of drug-likeness (QED) is 0.169. The number of hydrogen-bond acceptors (Lipinski definition) is 5. The minimum Gasteiger partial charge on any atom is -0.495 e. The molecule has 11 heteroatoms. The molecule has 1 atom stereocenters. The molecule has 236 valence electrons. The Kier molecular flexibility index (Phi) is 11.9. The molecule has 0 bridgehead atoms. The molecule has 0 saturated carbocycles. The van der Waals surface area contributed by atoms with Gasteiger partial charge in [0, 0.05) is 29.6 Å². The van der Waals surface area contributed by atoms with E-state index in [1.165, 1.54) is 36.3 Å². The molecule has 8 nitrogen and oxygen atoms in total. The maximum atomic E-state index is 14.5. The number of nitrogens with one attached hydrogen (secondary N) is 1. The molecule has 0 aliphatic heterocycles. The lowest BCUT2D eigenvalue weighted by Gasteiger charge is -2.34. The fourth-order valence-electron chi connectivity index (χ4n) is 4.84. The number of amides is 2. The highest BCUT2D eigenvalue weighted by Gasteiger charge is 2.35. The lowest BCUT2D eigenvalue weighted by atomic mass is 10.0. The Hall–Kier alpha value is -4.05. The van der Waals surface area contributed by atoms with Crippen molar-refractivity contribution >= 4 is 50.7 Å². The van der Waals surface area contributed by atoms with Crippen molar-refractivity contribution in [2.45, 2.75) is 37.2 Å². The van der Waals surface area contributed by atoms with Crippen molar-refractivity contribution in [3.05, 3.63) is 124 Å². The first kappa shape index (κ1) is 33.8. The lowest BCUT2D eigenvalue weighted by molar-refractivity contribution is -0.140. The number of carbonyl (C=O) groups is 2. The molecule has 45 heavy (non-hydrogen) atoms. The van der Waals surface area contributed by atoms with Gasteiger partial charge >= 0.3 is 0 Å². The summed E-state index contributed by atoms with van der Waals surface area (Å²) in [5, 5.41) is 3.64. The van der Waals surface area contributed by atoms with Gasteiger partial charge in [0.2, 0.25) is 11.8 Å². The molecule has 0 fully saturated rings. The molecule has 4 rings (SSSR count). The van der Waals surface area contributed by atoms with Crippen LogP contribution in [0.25, 0.3) is 0 Å². The van der Waals surface area contributed by atoms with Crippen LogP contribution in [-0.2, 0) is 32.6 Å². The Balaban J connectivity index is 1.84. The monoisotopic (exact) mass is 667 g/mol. The topological polar surface area (TPSA) is 96.0 Å². The number of methoxy groups -OCH3 is 1. The second-order valence-electron chi connectivity index (χ2n) is 10.3. The summed E-state index contributed by atoms with van der Waals surface area (Å²) in [4.78, 5) is 29.6. The van der Waals surface area contributed by atoms with Gasteiger partial charge in [-0.1, -0.05) is 90.8 Å². The van der Waals surface area contributed by atoms with Crippen molar-refractivity contribution in [2.24, 2.45) is 0 Å². The van der Waals surface area contributed by atoms with Crippen LogP contribution in [0.5, 0.6) is 5.75 Å². The first-order valence-corrected chi connectivity index (χ1v) is 16.6. The van der Waals surface area contributed by atoms with E-state index in [1.54, 1.807) is 48.5 Å². The molecule has 4 aromatic rings. The predicted octanol–water partition coefficient (Wildman–Crippen LogP) is 6.36. The predicted molar refractivity (Wildman–Crippen MR) is 178 cm³/mol. The summed E-state index contributed by atoms with van der Waals surface area (Å²) >= 11 is 12.6. The van der Waals surface area contributed by atoms with E-state index in [2.05, 4.69) is 5.32 Å². The molecular weight excluding hydrogens is 633 g/mol. The van der Waals surface area contributed by atoms with Crippen molar-refractivity contribution in [3.8, 4) is 5.75 Å². The third-order valence-electron chi connectivity index (χ3n) is 7.08. The zero-order valence-electron chi connectivity index (χ0n) is 25.0. The number of ether oxygens (including phenoxy) is 1. The average Bonchev–Trinajstić information content (AvgIpc) is 3.04. The van der Waals surface area contributed by atoms with E-state index in [1.807, 2.05) is 37.3 Å². The SMILES string of the molecule is CCCNC(=O)[C@H](Cc1ccccc1)N(Cc1cccc(Cl)c1)C(=O)CN(c1cc(Cl)ccc1OC)S(=O)(=O)c1ccccc1. The highest BCUT2D eigenvalue weighted by Crippen LogP contribution is 2.35. The molecule has 0 aliphatic rings. The summed E-state index contributed by atoms with van der Waals surface area (Å²) in [6, 6.07) is 27.7. The number of anilines is 1. The van der Waals surface area contributed by atoms with E-state index < -0.39 is 28.5 Å². The molecule has 0 radical (unpaired) electrons. The van der Waals surface area contributed by atoms with Crippen LogP contribution in [0.3, 0.4) is 0 Å². The van der Waals surface area contributed by atoms with Crippen LogP contribution in [0.4, 0.5) is 5.69 Å². The molecule has 4 aromatic carbocycles. The van der Waals surface area contributed by atoms with Gasteiger partial charge in [-0.2, -0.15) is 0 Å². The Bertz CT molecular complexity index is 1710. The number of halogens is 2. The number of hydrogen-bond donors (Lipinski definition) is 1. The van der Waals surface area contributed by atoms with Crippen LogP contribution in [0, 0.1) is 0 Å². The third-order valence-corrected chi connectivity index (χ3v) is 9.33. The molecule has 0 saturated heterocycles. The Labute approximate surface area is 274 Å². The van der Waals surface area contributed by atoms with Crippen LogP contribution in [0.2, 0.25) is 10.0 Å². The van der Waals surface area contributed by atoms with Gasteiger partial charge in [-0.05, 0) is 60.0 Å². The zero-order chi connectivity index (χ0) is 32.4. The van der Waals surface area contributed by atoms with Crippen molar-refractivity contribution in [1.29, 1.82) is 0 Å². The average molecular weight is 669 g/mol.